The van der Waals surface area contributed by atoms with E-state index in [1.807, 2.05) is 0 Å². The van der Waals surface area contributed by atoms with Gasteiger partial charge in [-0.15, -0.1) is 0 Å². The van der Waals surface area contributed by atoms with Crippen molar-refractivity contribution < 1.29 is 4.79 Å². The Labute approximate surface area is 116 Å². The van der Waals surface area contributed by atoms with Gasteiger partial charge in [-0.1, -0.05) is 38.1 Å². The molecule has 0 heterocycles. The highest BCUT2D eigenvalue weighted by Gasteiger charge is 2.25. The lowest BCUT2D eigenvalue weighted by molar-refractivity contribution is -0.121. The summed E-state index contributed by atoms with van der Waals surface area (Å²) in [6.45, 7) is 4.46. The van der Waals surface area contributed by atoms with E-state index < -0.39 is 0 Å². The summed E-state index contributed by atoms with van der Waals surface area (Å²) in [5.41, 5.74) is 8.96. The molecule has 1 fully saturated rings. The van der Waals surface area contributed by atoms with Gasteiger partial charge in [-0.3, -0.25) is 4.79 Å². The monoisotopic (exact) mass is 259 g/mol. The molecule has 2 rings (SSSR count). The summed E-state index contributed by atoms with van der Waals surface area (Å²) in [7, 11) is 0. The zero-order valence-electron chi connectivity index (χ0n) is 12.1. The van der Waals surface area contributed by atoms with Crippen molar-refractivity contribution in [3.63, 3.8) is 0 Å². The van der Waals surface area contributed by atoms with Crippen LogP contribution in [0.15, 0.2) is 24.3 Å². The van der Waals surface area contributed by atoms with E-state index in [1.54, 1.807) is 0 Å². The zero-order chi connectivity index (χ0) is 13.8. The number of ketones is 1. The molecule has 1 aliphatic rings. The smallest absolute Gasteiger partial charge is 0.132 e. The van der Waals surface area contributed by atoms with Crippen LogP contribution in [-0.2, 0) is 4.79 Å². The molecule has 2 N–H and O–H groups in total. The van der Waals surface area contributed by atoms with E-state index >= 15 is 0 Å². The molecule has 2 heteroatoms. The first kappa shape index (κ1) is 14.3. The van der Waals surface area contributed by atoms with Crippen molar-refractivity contribution in [2.45, 2.75) is 57.9 Å². The second-order valence-electron chi connectivity index (χ2n) is 5.88. The van der Waals surface area contributed by atoms with Crippen molar-refractivity contribution in [1.29, 1.82) is 0 Å². The summed E-state index contributed by atoms with van der Waals surface area (Å²) in [6, 6.07) is 8.83. The third-order valence-electron chi connectivity index (χ3n) is 4.60. The van der Waals surface area contributed by atoms with Crippen LogP contribution in [0, 0.1) is 5.92 Å². The van der Waals surface area contributed by atoms with Gasteiger partial charge in [0.15, 0.2) is 0 Å². The maximum absolute atomic E-state index is 11.3. The van der Waals surface area contributed by atoms with E-state index in [0.29, 0.717) is 30.5 Å². The molecule has 1 saturated carbocycles. The molecular weight excluding hydrogens is 234 g/mol. The van der Waals surface area contributed by atoms with Gasteiger partial charge in [0.05, 0.1) is 0 Å². The fourth-order valence-corrected chi connectivity index (χ4v) is 2.88. The number of benzene rings is 1. The van der Waals surface area contributed by atoms with Gasteiger partial charge in [-0.2, -0.15) is 0 Å². The Morgan fingerprint density at radius 3 is 2.21 bits per heavy atom. The molecule has 2 unspecified atom stereocenters. The van der Waals surface area contributed by atoms with E-state index in [1.165, 1.54) is 11.1 Å². The highest BCUT2D eigenvalue weighted by molar-refractivity contribution is 5.79. The summed E-state index contributed by atoms with van der Waals surface area (Å²) in [4.78, 5) is 11.3. The Balaban J connectivity index is 2.03. The Morgan fingerprint density at radius 2 is 1.68 bits per heavy atom. The van der Waals surface area contributed by atoms with E-state index in [2.05, 4.69) is 38.1 Å². The van der Waals surface area contributed by atoms with Crippen LogP contribution in [0.1, 0.15) is 69.0 Å². The van der Waals surface area contributed by atoms with E-state index in [4.69, 9.17) is 5.73 Å². The molecule has 19 heavy (non-hydrogen) atoms. The van der Waals surface area contributed by atoms with Gasteiger partial charge in [0, 0.05) is 18.9 Å². The van der Waals surface area contributed by atoms with Crippen LogP contribution < -0.4 is 5.73 Å². The summed E-state index contributed by atoms with van der Waals surface area (Å²) in [6.07, 6.45) is 4.49. The van der Waals surface area contributed by atoms with Crippen LogP contribution in [0.4, 0.5) is 0 Å². The molecule has 0 aromatic heterocycles. The summed E-state index contributed by atoms with van der Waals surface area (Å²) >= 11 is 0. The predicted molar refractivity (Wildman–Crippen MR) is 79.0 cm³/mol. The zero-order valence-corrected chi connectivity index (χ0v) is 12.1. The van der Waals surface area contributed by atoms with Gasteiger partial charge in [-0.05, 0) is 42.2 Å². The molecular formula is C17H25NO. The first-order valence-corrected chi connectivity index (χ1v) is 7.49. The van der Waals surface area contributed by atoms with Gasteiger partial charge in [0.1, 0.15) is 5.78 Å². The third-order valence-corrected chi connectivity index (χ3v) is 4.60. The van der Waals surface area contributed by atoms with Crippen LogP contribution in [0.5, 0.6) is 0 Å². The Morgan fingerprint density at radius 1 is 1.16 bits per heavy atom. The van der Waals surface area contributed by atoms with Crippen LogP contribution >= 0.6 is 0 Å². The van der Waals surface area contributed by atoms with Gasteiger partial charge in [0.2, 0.25) is 0 Å². The first-order valence-electron chi connectivity index (χ1n) is 7.49. The van der Waals surface area contributed by atoms with Gasteiger partial charge < -0.3 is 5.73 Å². The molecule has 0 radical (unpaired) electrons. The summed E-state index contributed by atoms with van der Waals surface area (Å²) in [5.74, 6) is 1.47. The Kier molecular flexibility index (Phi) is 4.76. The SMILES string of the molecule is CCC(C)c1ccc(C(N)C2CCC(=O)CC2)cc1. The van der Waals surface area contributed by atoms with Crippen LogP contribution in [-0.4, -0.2) is 5.78 Å². The molecule has 1 aliphatic carbocycles. The number of carbonyl (C=O) groups is 1. The molecule has 104 valence electrons. The van der Waals surface area contributed by atoms with E-state index in [-0.39, 0.29) is 6.04 Å². The van der Waals surface area contributed by atoms with Crippen molar-refractivity contribution >= 4 is 5.78 Å². The van der Waals surface area contributed by atoms with E-state index in [9.17, 15) is 4.79 Å². The van der Waals surface area contributed by atoms with Crippen LogP contribution in [0.3, 0.4) is 0 Å². The molecule has 1 aromatic rings. The maximum atomic E-state index is 11.3. The van der Waals surface area contributed by atoms with Gasteiger partial charge in [0.25, 0.3) is 0 Å². The standard InChI is InChI=1S/C17H25NO/c1-3-12(2)13-4-6-14(7-5-13)17(18)15-8-10-16(19)11-9-15/h4-7,12,15,17H,3,8-11,18H2,1-2H3. The fraction of sp³-hybridized carbons (Fsp3) is 0.588. The second-order valence-corrected chi connectivity index (χ2v) is 5.88. The van der Waals surface area contributed by atoms with Crippen LogP contribution in [0.25, 0.3) is 0 Å². The minimum absolute atomic E-state index is 0.0825. The number of rotatable bonds is 4. The normalized spacial score (nSPS) is 20.3. The highest BCUT2D eigenvalue weighted by Crippen LogP contribution is 2.32. The molecule has 0 amide bonds. The molecule has 0 saturated heterocycles. The molecule has 2 nitrogen and oxygen atoms in total. The van der Waals surface area contributed by atoms with Gasteiger partial charge in [-0.25, -0.2) is 0 Å². The predicted octanol–water partition coefficient (Wildman–Crippen LogP) is 3.96. The quantitative estimate of drug-likeness (QED) is 0.889. The summed E-state index contributed by atoms with van der Waals surface area (Å²) in [5, 5.41) is 0. The minimum Gasteiger partial charge on any atom is -0.324 e. The minimum atomic E-state index is 0.0825. The topological polar surface area (TPSA) is 43.1 Å². The lowest BCUT2D eigenvalue weighted by Crippen LogP contribution is -2.26. The third kappa shape index (κ3) is 3.44. The van der Waals surface area contributed by atoms with Crippen molar-refractivity contribution in [3.05, 3.63) is 35.4 Å². The van der Waals surface area contributed by atoms with Crippen molar-refractivity contribution in [2.24, 2.45) is 11.7 Å². The molecule has 1 aromatic carbocycles. The Hall–Kier alpha value is -1.15. The van der Waals surface area contributed by atoms with Crippen molar-refractivity contribution in [1.82, 2.24) is 0 Å². The highest BCUT2D eigenvalue weighted by atomic mass is 16.1. The average molecular weight is 259 g/mol. The number of hydrogen-bond acceptors (Lipinski definition) is 2. The van der Waals surface area contributed by atoms with Gasteiger partial charge >= 0.3 is 0 Å². The fourth-order valence-electron chi connectivity index (χ4n) is 2.88. The largest absolute Gasteiger partial charge is 0.324 e. The van der Waals surface area contributed by atoms with E-state index in [0.717, 1.165) is 19.3 Å². The molecule has 0 aliphatic heterocycles. The van der Waals surface area contributed by atoms with Crippen LogP contribution in [0.2, 0.25) is 0 Å². The van der Waals surface area contributed by atoms with Crippen molar-refractivity contribution in [3.8, 4) is 0 Å². The Bertz CT molecular complexity index is 413. The van der Waals surface area contributed by atoms with Crippen molar-refractivity contribution in [2.75, 3.05) is 0 Å². The lowest BCUT2D eigenvalue weighted by atomic mass is 9.81. The number of nitrogens with two attached hydrogens (primary N) is 1. The number of carbonyl (C=O) groups excluding carboxylic acids is 1. The first-order chi connectivity index (χ1) is 9.11. The molecule has 2 atom stereocenters. The second kappa shape index (κ2) is 6.33. The average Bonchev–Trinajstić information content (AvgIpc) is 2.46. The molecule has 0 bridgehead atoms. The maximum Gasteiger partial charge on any atom is 0.132 e. The number of Topliss-reactive ketones (excluding diaryl/α,β-unsaturated/α-hetero) is 1. The summed E-state index contributed by atoms with van der Waals surface area (Å²) < 4.78 is 0. The molecule has 0 spiro atoms. The lowest BCUT2D eigenvalue weighted by Gasteiger charge is -2.27. The number of hydrogen-bond donors (Lipinski definition) is 1.